The monoisotopic (exact) mass is 392 g/mol. The minimum absolute atomic E-state index is 0.226. The van der Waals surface area contributed by atoms with Crippen molar-refractivity contribution in [3.8, 4) is 11.5 Å². The molecular formula is C15H24N2O8S. The molecule has 0 bridgehead atoms. The zero-order valence-corrected chi connectivity index (χ0v) is 16.6. The number of hydrogen-bond acceptors (Lipinski definition) is 8. The Labute approximate surface area is 153 Å². The van der Waals surface area contributed by atoms with E-state index in [-0.39, 0.29) is 11.5 Å². The van der Waals surface area contributed by atoms with Crippen LogP contribution in [-0.2, 0) is 19.4 Å². The molecule has 0 N–H and O–H groups in total. The van der Waals surface area contributed by atoms with E-state index in [1.54, 1.807) is 26.2 Å². The van der Waals surface area contributed by atoms with Crippen LogP contribution in [0.4, 0.5) is 10.5 Å². The van der Waals surface area contributed by atoms with Gasteiger partial charge < -0.3 is 18.9 Å². The highest BCUT2D eigenvalue weighted by Gasteiger charge is 2.19. The number of ether oxygens (including phenoxy) is 2. The second-order valence-electron chi connectivity index (χ2n) is 6.07. The van der Waals surface area contributed by atoms with Crippen molar-refractivity contribution in [1.29, 1.82) is 0 Å². The third-order valence-corrected chi connectivity index (χ3v) is 3.13. The molecule has 0 radical (unpaired) electrons. The number of carbonyl (C=O) groups is 2. The maximum atomic E-state index is 11.7. The smallest absolute Gasteiger partial charge is 0.414 e. The van der Waals surface area contributed by atoms with Gasteiger partial charge in [0.1, 0.15) is 5.69 Å². The third kappa shape index (κ3) is 9.32. The van der Waals surface area contributed by atoms with E-state index in [1.165, 1.54) is 11.8 Å². The molecule has 1 rings (SSSR count). The van der Waals surface area contributed by atoms with Crippen LogP contribution in [0.15, 0.2) is 18.2 Å². The summed E-state index contributed by atoms with van der Waals surface area (Å²) in [5.74, 6) is -0.0144. The molecule has 0 aliphatic carbocycles. The normalized spacial score (nSPS) is 11.1. The Hall–Kier alpha value is -2.21. The number of esters is 1. The number of quaternary nitrogens is 1. The van der Waals surface area contributed by atoms with Gasteiger partial charge in [-0.3, -0.25) is 13.5 Å². The number of carbonyl (C=O) groups excluding carboxylic acids is 2. The summed E-state index contributed by atoms with van der Waals surface area (Å²) in [6.07, 6.45) is -0.531. The van der Waals surface area contributed by atoms with Crippen molar-refractivity contribution in [2.45, 2.75) is 6.92 Å². The van der Waals surface area contributed by atoms with Crippen molar-refractivity contribution in [3.63, 3.8) is 0 Å². The van der Waals surface area contributed by atoms with Crippen LogP contribution in [0.5, 0.6) is 11.5 Å². The second kappa shape index (κ2) is 9.48. The van der Waals surface area contributed by atoms with Crippen LogP contribution in [0.1, 0.15) is 6.92 Å². The van der Waals surface area contributed by atoms with Gasteiger partial charge in [0.2, 0.25) is 10.4 Å². The van der Waals surface area contributed by atoms with E-state index in [0.29, 0.717) is 4.48 Å². The fraction of sp³-hybridized carbons (Fsp3) is 0.467. The van der Waals surface area contributed by atoms with E-state index in [4.69, 9.17) is 9.47 Å². The lowest BCUT2D eigenvalue weighted by Gasteiger charge is -2.24. The molecule has 1 amide bonds. The molecule has 0 saturated carbocycles. The summed E-state index contributed by atoms with van der Waals surface area (Å²) in [5.41, 5.74) is 0.919. The zero-order valence-electron chi connectivity index (χ0n) is 15.8. The molecule has 1 aromatic carbocycles. The third-order valence-electron chi connectivity index (χ3n) is 2.72. The zero-order chi connectivity index (χ0) is 20.7. The van der Waals surface area contributed by atoms with Gasteiger partial charge in [-0.05, 0) is 6.07 Å². The minimum atomic E-state index is -4.41. The van der Waals surface area contributed by atoms with Gasteiger partial charge in [0.25, 0.3) is 0 Å². The molecule has 0 fully saturated rings. The Bertz CT molecular complexity index is 739. The lowest BCUT2D eigenvalue weighted by atomic mass is 10.2. The van der Waals surface area contributed by atoms with Gasteiger partial charge in [0, 0.05) is 33.2 Å². The summed E-state index contributed by atoms with van der Waals surface area (Å²) in [4.78, 5) is 24.1. The van der Waals surface area contributed by atoms with E-state index < -0.39 is 22.5 Å². The number of benzene rings is 1. The highest BCUT2D eigenvalue weighted by atomic mass is 32.3. The Morgan fingerprint density at radius 1 is 1.08 bits per heavy atom. The summed E-state index contributed by atoms with van der Waals surface area (Å²) in [6, 6.07) is 5.14. The molecule has 0 aliphatic rings. The average Bonchev–Trinajstić information content (AvgIpc) is 2.47. The van der Waals surface area contributed by atoms with Gasteiger partial charge in [-0.2, -0.15) is 0 Å². The van der Waals surface area contributed by atoms with Crippen molar-refractivity contribution in [1.82, 2.24) is 9.38 Å². The van der Waals surface area contributed by atoms with Gasteiger partial charge in [-0.25, -0.2) is 13.2 Å². The molecule has 0 aromatic heterocycles. The summed E-state index contributed by atoms with van der Waals surface area (Å²) < 4.78 is 41.9. The molecule has 0 unspecified atom stereocenters. The van der Waals surface area contributed by atoms with Gasteiger partial charge >= 0.3 is 12.1 Å². The predicted octanol–water partition coefficient (Wildman–Crippen LogP) is 0.962. The van der Waals surface area contributed by atoms with E-state index in [0.717, 1.165) is 12.8 Å². The molecule has 1 aromatic rings. The van der Waals surface area contributed by atoms with Crippen molar-refractivity contribution in [2.75, 3.05) is 42.3 Å². The van der Waals surface area contributed by atoms with Gasteiger partial charge in [0.05, 0.1) is 28.3 Å². The fourth-order valence-corrected chi connectivity index (χ4v) is 1.42. The molecule has 0 aliphatic heterocycles. The van der Waals surface area contributed by atoms with Gasteiger partial charge in [-0.1, -0.05) is 0 Å². The quantitative estimate of drug-likeness (QED) is 0.244. The molecule has 148 valence electrons. The summed E-state index contributed by atoms with van der Waals surface area (Å²) in [6.45, 7) is 1.30. The Morgan fingerprint density at radius 2 is 1.58 bits per heavy atom. The van der Waals surface area contributed by atoms with Crippen molar-refractivity contribution < 1.29 is 36.2 Å². The first-order chi connectivity index (χ1) is 11.7. The SMILES string of the molecule is CC(=O)Oc1ccc([N+](C)(C)C)cc1OC(=O)N(C)C.COS(=O)(=O)[O-]. The highest BCUT2D eigenvalue weighted by molar-refractivity contribution is 7.80. The standard InChI is InChI=1S/C14H21N2O4.CH4O4S/c1-10(17)19-12-8-7-11(16(4,5)6)9-13(12)20-14(18)15(2)3;1-5-6(2,3)4/h7-9H,1-6H3;1H3,(H,2,3,4)/q+1;/p-1. The van der Waals surface area contributed by atoms with Crippen LogP contribution in [0.3, 0.4) is 0 Å². The Morgan fingerprint density at radius 3 is 1.92 bits per heavy atom. The minimum Gasteiger partial charge on any atom is -0.726 e. The van der Waals surface area contributed by atoms with E-state index in [9.17, 15) is 22.6 Å². The Kier molecular flexibility index (Phi) is 8.67. The number of rotatable bonds is 4. The van der Waals surface area contributed by atoms with Crippen LogP contribution in [-0.4, -0.2) is 72.3 Å². The van der Waals surface area contributed by atoms with Crippen LogP contribution in [0, 0.1) is 0 Å². The molecule has 26 heavy (non-hydrogen) atoms. The van der Waals surface area contributed by atoms with Crippen LogP contribution < -0.4 is 14.0 Å². The van der Waals surface area contributed by atoms with Crippen molar-refractivity contribution >= 4 is 28.1 Å². The number of amides is 1. The summed E-state index contributed by atoms with van der Waals surface area (Å²) >= 11 is 0. The second-order valence-corrected chi connectivity index (χ2v) is 7.22. The molecule has 11 heteroatoms. The molecule has 0 saturated heterocycles. The Balaban J connectivity index is 0.000000896. The van der Waals surface area contributed by atoms with E-state index in [2.05, 4.69) is 4.18 Å². The predicted molar refractivity (Wildman–Crippen MR) is 93.7 cm³/mol. The average molecular weight is 392 g/mol. The fourth-order valence-electron chi connectivity index (χ4n) is 1.42. The topological polar surface area (TPSA) is 122 Å². The van der Waals surface area contributed by atoms with Crippen LogP contribution >= 0.6 is 0 Å². The largest absolute Gasteiger partial charge is 0.726 e. The van der Waals surface area contributed by atoms with Gasteiger partial charge in [0.15, 0.2) is 11.5 Å². The molecular weight excluding hydrogens is 368 g/mol. The lowest BCUT2D eigenvalue weighted by Crippen LogP contribution is -2.34. The number of nitrogens with zero attached hydrogens (tertiary/aromatic N) is 2. The first-order valence-electron chi connectivity index (χ1n) is 7.22. The van der Waals surface area contributed by atoms with Crippen molar-refractivity contribution in [3.05, 3.63) is 18.2 Å². The van der Waals surface area contributed by atoms with Gasteiger partial charge in [-0.15, -0.1) is 0 Å². The van der Waals surface area contributed by atoms with E-state index >= 15 is 0 Å². The molecule has 10 nitrogen and oxygen atoms in total. The first-order valence-corrected chi connectivity index (χ1v) is 8.55. The maximum Gasteiger partial charge on any atom is 0.414 e. The maximum absolute atomic E-state index is 11.7. The van der Waals surface area contributed by atoms with Crippen LogP contribution in [0.25, 0.3) is 0 Å². The number of hydrogen-bond donors (Lipinski definition) is 0. The summed E-state index contributed by atoms with van der Waals surface area (Å²) in [7, 11) is 5.51. The summed E-state index contributed by atoms with van der Waals surface area (Å²) in [5, 5.41) is 0. The lowest BCUT2D eigenvalue weighted by molar-refractivity contribution is -0.132. The molecule has 0 spiro atoms. The highest BCUT2D eigenvalue weighted by Crippen LogP contribution is 2.33. The molecule has 0 heterocycles. The molecule has 0 atom stereocenters. The first kappa shape index (κ1) is 23.8. The van der Waals surface area contributed by atoms with E-state index in [1.807, 2.05) is 27.2 Å². The van der Waals surface area contributed by atoms with Crippen molar-refractivity contribution in [2.24, 2.45) is 0 Å². The van der Waals surface area contributed by atoms with Crippen LogP contribution in [0.2, 0.25) is 0 Å².